The van der Waals surface area contributed by atoms with Gasteiger partial charge in [-0.25, -0.2) is 4.79 Å². The molecule has 2 aromatic rings. The van der Waals surface area contributed by atoms with Crippen molar-refractivity contribution in [1.29, 1.82) is 0 Å². The fraction of sp³-hybridized carbons (Fsp3) is 0.409. The van der Waals surface area contributed by atoms with Crippen LogP contribution < -0.4 is 4.74 Å². The van der Waals surface area contributed by atoms with Crippen molar-refractivity contribution in [3.63, 3.8) is 0 Å². The molecule has 6 nitrogen and oxygen atoms in total. The molecule has 0 spiro atoms. The number of cyclic esters (lactones) is 1. The molecule has 2 aromatic carbocycles. The van der Waals surface area contributed by atoms with Crippen LogP contribution in [-0.4, -0.2) is 47.6 Å². The van der Waals surface area contributed by atoms with Crippen LogP contribution >= 0.6 is 0 Å². The van der Waals surface area contributed by atoms with E-state index in [2.05, 4.69) is 0 Å². The van der Waals surface area contributed by atoms with E-state index in [1.807, 2.05) is 61.5 Å². The van der Waals surface area contributed by atoms with E-state index in [0.717, 1.165) is 16.9 Å². The lowest BCUT2D eigenvalue weighted by molar-refractivity contribution is -0.0892. The van der Waals surface area contributed by atoms with Crippen LogP contribution in [0, 0.1) is 0 Å². The van der Waals surface area contributed by atoms with Crippen molar-refractivity contribution in [3.05, 3.63) is 65.7 Å². The zero-order valence-electron chi connectivity index (χ0n) is 16.2. The van der Waals surface area contributed by atoms with Crippen LogP contribution in [0.3, 0.4) is 0 Å². The van der Waals surface area contributed by atoms with Crippen LogP contribution in [0.1, 0.15) is 36.9 Å². The second kappa shape index (κ2) is 8.63. The second-order valence-electron chi connectivity index (χ2n) is 7.16. The molecule has 1 aliphatic rings. The Balaban J connectivity index is 1.81. The van der Waals surface area contributed by atoms with Crippen LogP contribution in [0.4, 0.5) is 4.79 Å². The predicted molar refractivity (Wildman–Crippen MR) is 105 cm³/mol. The van der Waals surface area contributed by atoms with Crippen molar-refractivity contribution in [1.82, 2.24) is 4.90 Å². The van der Waals surface area contributed by atoms with Crippen molar-refractivity contribution in [2.24, 2.45) is 0 Å². The lowest BCUT2D eigenvalue weighted by atomic mass is 9.83. The Morgan fingerprint density at radius 2 is 1.86 bits per heavy atom. The number of aliphatic hydroxyl groups is 2. The van der Waals surface area contributed by atoms with Crippen LogP contribution in [0.5, 0.6) is 5.75 Å². The Kier molecular flexibility index (Phi) is 6.21. The normalized spacial score (nSPS) is 21.7. The smallest absolute Gasteiger partial charge is 0.411 e. The lowest BCUT2D eigenvalue weighted by Gasteiger charge is -2.44. The average Bonchev–Trinajstić information content (AvgIpc) is 2.74. The van der Waals surface area contributed by atoms with Gasteiger partial charge in [-0.15, -0.1) is 0 Å². The number of benzene rings is 2. The van der Waals surface area contributed by atoms with E-state index in [1.54, 1.807) is 12.0 Å². The van der Waals surface area contributed by atoms with Gasteiger partial charge in [0.2, 0.25) is 0 Å². The fourth-order valence-corrected chi connectivity index (χ4v) is 3.74. The van der Waals surface area contributed by atoms with Gasteiger partial charge in [0.25, 0.3) is 0 Å². The van der Waals surface area contributed by atoms with Gasteiger partial charge in [-0.1, -0.05) is 42.5 Å². The Bertz CT molecular complexity index is 779. The number of carbonyl (C=O) groups excluding carboxylic acids is 1. The summed E-state index contributed by atoms with van der Waals surface area (Å²) < 4.78 is 11.1. The van der Waals surface area contributed by atoms with Crippen LogP contribution in [0.25, 0.3) is 0 Å². The molecular formula is C22H27NO5. The third-order valence-corrected chi connectivity index (χ3v) is 5.42. The van der Waals surface area contributed by atoms with Crippen LogP contribution in [-0.2, 0) is 10.3 Å². The molecule has 0 aliphatic carbocycles. The van der Waals surface area contributed by atoms with Gasteiger partial charge < -0.3 is 24.6 Å². The first kappa shape index (κ1) is 20.2. The molecule has 3 rings (SSSR count). The molecular weight excluding hydrogens is 358 g/mol. The van der Waals surface area contributed by atoms with Gasteiger partial charge >= 0.3 is 6.09 Å². The number of ether oxygens (including phenoxy) is 2. The summed E-state index contributed by atoms with van der Waals surface area (Å²) in [6.45, 7) is 2.07. The number of rotatable bonds is 7. The van der Waals surface area contributed by atoms with E-state index in [9.17, 15) is 15.0 Å². The summed E-state index contributed by atoms with van der Waals surface area (Å²) in [6.07, 6.45) is -0.702. The topological polar surface area (TPSA) is 79.2 Å². The molecule has 1 heterocycles. The van der Waals surface area contributed by atoms with Gasteiger partial charge in [-0.2, -0.15) is 0 Å². The predicted octanol–water partition coefficient (Wildman–Crippen LogP) is 3.24. The Morgan fingerprint density at radius 3 is 2.43 bits per heavy atom. The molecule has 28 heavy (non-hydrogen) atoms. The van der Waals surface area contributed by atoms with Gasteiger partial charge in [0.15, 0.2) is 0 Å². The maximum Gasteiger partial charge on any atom is 0.411 e. The molecule has 1 amide bonds. The number of aliphatic hydroxyl groups excluding tert-OH is 2. The van der Waals surface area contributed by atoms with Crippen molar-refractivity contribution in [3.8, 4) is 5.75 Å². The molecule has 3 atom stereocenters. The zero-order valence-corrected chi connectivity index (χ0v) is 16.2. The Labute approximate surface area is 165 Å². The Morgan fingerprint density at radius 1 is 1.18 bits per heavy atom. The first-order chi connectivity index (χ1) is 13.5. The standard InChI is InChI=1S/C22H27NO5/c1-16(17-8-10-20(27-2)11-9-17)23-13-12-22(28-21(23)26,14-19(25)15-24)18-6-4-3-5-7-18/h3-11,16,19,24-25H,12-15H2,1-2H3/t16-,19-,22-/m0/s1. The molecule has 0 radical (unpaired) electrons. The van der Waals surface area contributed by atoms with E-state index in [-0.39, 0.29) is 19.1 Å². The maximum absolute atomic E-state index is 12.9. The summed E-state index contributed by atoms with van der Waals surface area (Å²) in [6, 6.07) is 16.9. The highest BCUT2D eigenvalue weighted by Crippen LogP contribution is 2.40. The second-order valence-corrected chi connectivity index (χ2v) is 7.16. The highest BCUT2D eigenvalue weighted by molar-refractivity contribution is 5.70. The SMILES string of the molecule is COc1ccc([C@H](C)N2CC[C@](C[C@H](O)CO)(c3ccccc3)OC2=O)cc1. The number of carbonyl (C=O) groups is 1. The minimum Gasteiger partial charge on any atom is -0.497 e. The Hall–Kier alpha value is -2.57. The molecule has 0 aromatic heterocycles. The molecule has 1 fully saturated rings. The van der Waals surface area contributed by atoms with Gasteiger partial charge in [-0.3, -0.25) is 0 Å². The monoisotopic (exact) mass is 385 g/mol. The molecule has 0 unspecified atom stereocenters. The fourth-order valence-electron chi connectivity index (χ4n) is 3.74. The molecule has 1 saturated heterocycles. The molecule has 2 N–H and O–H groups in total. The van der Waals surface area contributed by atoms with Gasteiger partial charge in [-0.05, 0) is 30.2 Å². The number of nitrogens with zero attached hydrogens (tertiary/aromatic N) is 1. The van der Waals surface area contributed by atoms with E-state index < -0.39 is 17.8 Å². The summed E-state index contributed by atoms with van der Waals surface area (Å²) in [5, 5.41) is 19.4. The van der Waals surface area contributed by atoms with Crippen molar-refractivity contribution in [2.45, 2.75) is 37.5 Å². The lowest BCUT2D eigenvalue weighted by Crippen LogP contribution is -2.50. The third-order valence-electron chi connectivity index (χ3n) is 5.42. The average molecular weight is 385 g/mol. The summed E-state index contributed by atoms with van der Waals surface area (Å²) in [7, 11) is 1.62. The van der Waals surface area contributed by atoms with E-state index >= 15 is 0 Å². The molecule has 150 valence electrons. The maximum atomic E-state index is 12.9. The van der Waals surface area contributed by atoms with Crippen molar-refractivity contribution >= 4 is 6.09 Å². The summed E-state index contributed by atoms with van der Waals surface area (Å²) in [5.41, 5.74) is 0.865. The van der Waals surface area contributed by atoms with Crippen LogP contribution in [0.2, 0.25) is 0 Å². The van der Waals surface area contributed by atoms with Crippen molar-refractivity contribution < 1.29 is 24.5 Å². The van der Waals surface area contributed by atoms with Crippen LogP contribution in [0.15, 0.2) is 54.6 Å². The van der Waals surface area contributed by atoms with Gasteiger partial charge in [0.05, 0.1) is 25.9 Å². The zero-order chi connectivity index (χ0) is 20.1. The molecule has 1 aliphatic heterocycles. The van der Waals surface area contributed by atoms with E-state index in [1.165, 1.54) is 0 Å². The van der Waals surface area contributed by atoms with Gasteiger partial charge in [0, 0.05) is 19.4 Å². The number of hydrogen-bond acceptors (Lipinski definition) is 5. The summed E-state index contributed by atoms with van der Waals surface area (Å²) in [5.74, 6) is 0.762. The summed E-state index contributed by atoms with van der Waals surface area (Å²) >= 11 is 0. The molecule has 0 bridgehead atoms. The van der Waals surface area contributed by atoms with E-state index in [0.29, 0.717) is 13.0 Å². The minimum absolute atomic E-state index is 0.157. The highest BCUT2D eigenvalue weighted by Gasteiger charge is 2.44. The highest BCUT2D eigenvalue weighted by atomic mass is 16.6. The quantitative estimate of drug-likeness (QED) is 0.765. The summed E-state index contributed by atoms with van der Waals surface area (Å²) in [4.78, 5) is 14.6. The minimum atomic E-state index is -0.960. The van der Waals surface area contributed by atoms with E-state index in [4.69, 9.17) is 9.47 Å². The first-order valence-corrected chi connectivity index (χ1v) is 9.47. The number of amides is 1. The molecule has 0 saturated carbocycles. The van der Waals surface area contributed by atoms with Crippen molar-refractivity contribution in [2.75, 3.05) is 20.3 Å². The third kappa shape index (κ3) is 4.13. The number of hydrogen-bond donors (Lipinski definition) is 2. The largest absolute Gasteiger partial charge is 0.497 e. The number of methoxy groups -OCH3 is 1. The molecule has 6 heteroatoms. The van der Waals surface area contributed by atoms with Gasteiger partial charge in [0.1, 0.15) is 11.4 Å². The first-order valence-electron chi connectivity index (χ1n) is 9.47.